The van der Waals surface area contributed by atoms with Crippen LogP contribution >= 0.6 is 0 Å². The fourth-order valence-corrected chi connectivity index (χ4v) is 7.84. The Hall–Kier alpha value is -1.65. The first kappa shape index (κ1) is 17.4. The number of carbonyl (C=O) groups excluding carboxylic acids is 3. The summed E-state index contributed by atoms with van der Waals surface area (Å²) in [6.45, 7) is 8.15. The third kappa shape index (κ3) is 1.88. The molecule has 5 heteroatoms. The predicted molar refractivity (Wildman–Crippen MR) is 96.4 cm³/mol. The van der Waals surface area contributed by atoms with E-state index in [4.69, 9.17) is 9.47 Å². The van der Waals surface area contributed by atoms with Gasteiger partial charge in [0.15, 0.2) is 5.78 Å². The van der Waals surface area contributed by atoms with Gasteiger partial charge >= 0.3 is 11.9 Å². The van der Waals surface area contributed by atoms with Crippen molar-refractivity contribution in [2.24, 2.45) is 34.0 Å². The van der Waals surface area contributed by atoms with Gasteiger partial charge in [-0.05, 0) is 61.9 Å². The largest absolute Gasteiger partial charge is 0.465 e. The van der Waals surface area contributed by atoms with Crippen LogP contribution in [-0.2, 0) is 23.9 Å². The van der Waals surface area contributed by atoms with Crippen LogP contribution in [-0.4, -0.2) is 30.4 Å². The molecule has 5 nitrogen and oxygen atoms in total. The molecule has 1 heterocycles. The number of ether oxygens (including phenoxy) is 2. The third-order valence-electron chi connectivity index (χ3n) is 8.92. The molecule has 0 aromatic carbocycles. The summed E-state index contributed by atoms with van der Waals surface area (Å²) >= 11 is 0. The van der Waals surface area contributed by atoms with Crippen LogP contribution in [0.15, 0.2) is 12.2 Å². The highest BCUT2D eigenvalue weighted by Crippen LogP contribution is 2.73. The molecule has 6 aliphatic rings. The predicted octanol–water partition coefficient (Wildman–Crippen LogP) is 3.21. The molecular weight excluding hydrogens is 344 g/mol. The molecular formula is C22H28O5. The van der Waals surface area contributed by atoms with Crippen LogP contribution in [0.3, 0.4) is 0 Å². The Bertz CT molecular complexity index is 771. The second-order valence-electron chi connectivity index (χ2n) is 9.93. The topological polar surface area (TPSA) is 69.7 Å². The molecule has 27 heavy (non-hydrogen) atoms. The van der Waals surface area contributed by atoms with Gasteiger partial charge < -0.3 is 9.47 Å². The van der Waals surface area contributed by atoms with E-state index < -0.39 is 16.9 Å². The van der Waals surface area contributed by atoms with E-state index in [0.29, 0.717) is 25.0 Å². The van der Waals surface area contributed by atoms with Crippen molar-refractivity contribution in [2.75, 3.05) is 6.61 Å². The summed E-state index contributed by atoms with van der Waals surface area (Å²) in [5.74, 6) is -0.249. The summed E-state index contributed by atoms with van der Waals surface area (Å²) in [5, 5.41) is 0. The molecule has 4 bridgehead atoms. The first-order valence-corrected chi connectivity index (χ1v) is 10.3. The maximum absolute atomic E-state index is 13.5. The van der Waals surface area contributed by atoms with Gasteiger partial charge in [-0.2, -0.15) is 0 Å². The first-order chi connectivity index (χ1) is 12.8. The summed E-state index contributed by atoms with van der Waals surface area (Å²) in [6, 6.07) is 0. The summed E-state index contributed by atoms with van der Waals surface area (Å²) in [4.78, 5) is 38.7. The van der Waals surface area contributed by atoms with Gasteiger partial charge in [-0.15, -0.1) is 0 Å². The molecule has 6 rings (SSSR count). The smallest absolute Gasteiger partial charge is 0.312 e. The van der Waals surface area contributed by atoms with Crippen LogP contribution in [0, 0.1) is 34.0 Å². The number of carbonyl (C=O) groups is 3. The van der Waals surface area contributed by atoms with Crippen molar-refractivity contribution in [1.29, 1.82) is 0 Å². The number of ketones is 1. The number of esters is 2. The Balaban J connectivity index is 1.71. The highest BCUT2D eigenvalue weighted by Gasteiger charge is 2.76. The van der Waals surface area contributed by atoms with Gasteiger partial charge in [-0.3, -0.25) is 14.4 Å². The van der Waals surface area contributed by atoms with Gasteiger partial charge in [0, 0.05) is 12.3 Å². The highest BCUT2D eigenvalue weighted by atomic mass is 16.5. The van der Waals surface area contributed by atoms with Crippen molar-refractivity contribution in [3.05, 3.63) is 12.2 Å². The van der Waals surface area contributed by atoms with Gasteiger partial charge in [0.2, 0.25) is 0 Å². The minimum absolute atomic E-state index is 0.0414. The standard InChI is InChI=1S/C22H28O5/c1-12-14-5-8-22(18(12)24)16(9-14)21-7-4-6-20(3,11-26-19(21)25)15(21)10-17(22)27-13(2)23/h14-17H,1,4-11H2,2-3H3/t14-,15?,16?,17+,20-,21?,22?/m0/s1. The van der Waals surface area contributed by atoms with Crippen molar-refractivity contribution in [3.63, 3.8) is 0 Å². The lowest BCUT2D eigenvalue weighted by Crippen LogP contribution is -2.73. The zero-order valence-electron chi connectivity index (χ0n) is 16.2. The van der Waals surface area contributed by atoms with E-state index in [0.717, 1.165) is 32.1 Å². The Labute approximate surface area is 159 Å². The molecule has 146 valence electrons. The van der Waals surface area contributed by atoms with E-state index in [1.165, 1.54) is 6.92 Å². The average Bonchev–Trinajstić information content (AvgIpc) is 2.63. The van der Waals surface area contributed by atoms with Crippen molar-refractivity contribution >= 4 is 17.7 Å². The Morgan fingerprint density at radius 1 is 1.15 bits per heavy atom. The molecule has 0 N–H and O–H groups in total. The van der Waals surface area contributed by atoms with E-state index in [-0.39, 0.29) is 40.9 Å². The molecule has 1 aliphatic heterocycles. The van der Waals surface area contributed by atoms with Gasteiger partial charge in [0.25, 0.3) is 0 Å². The number of hydrogen-bond donors (Lipinski definition) is 0. The zero-order chi connectivity index (χ0) is 19.2. The maximum atomic E-state index is 13.5. The molecule has 0 amide bonds. The molecule has 5 aliphatic carbocycles. The van der Waals surface area contributed by atoms with Crippen molar-refractivity contribution in [1.82, 2.24) is 0 Å². The third-order valence-corrected chi connectivity index (χ3v) is 8.92. The van der Waals surface area contributed by atoms with Crippen LogP contribution in [0.4, 0.5) is 0 Å². The highest BCUT2D eigenvalue weighted by molar-refractivity contribution is 6.03. The van der Waals surface area contributed by atoms with E-state index in [9.17, 15) is 14.4 Å². The van der Waals surface area contributed by atoms with Gasteiger partial charge in [0.1, 0.15) is 6.10 Å². The van der Waals surface area contributed by atoms with Gasteiger partial charge in [-0.1, -0.05) is 19.9 Å². The molecule has 0 aromatic heterocycles. The van der Waals surface area contributed by atoms with Gasteiger partial charge in [-0.25, -0.2) is 0 Å². The lowest BCUT2D eigenvalue weighted by atomic mass is 9.35. The molecule has 1 saturated heterocycles. The Morgan fingerprint density at radius 3 is 2.67 bits per heavy atom. The van der Waals surface area contributed by atoms with Crippen LogP contribution in [0.25, 0.3) is 0 Å². The molecule has 4 unspecified atom stereocenters. The second-order valence-corrected chi connectivity index (χ2v) is 9.93. The van der Waals surface area contributed by atoms with Crippen LogP contribution in [0.1, 0.15) is 58.8 Å². The molecule has 5 saturated carbocycles. The molecule has 1 spiro atoms. The monoisotopic (exact) mass is 372 g/mol. The van der Waals surface area contributed by atoms with Crippen LogP contribution in [0.5, 0.6) is 0 Å². The van der Waals surface area contributed by atoms with E-state index in [1.54, 1.807) is 0 Å². The Morgan fingerprint density at radius 2 is 1.93 bits per heavy atom. The molecule has 6 fully saturated rings. The van der Waals surface area contributed by atoms with E-state index >= 15 is 0 Å². The number of cyclic esters (lactones) is 1. The first-order valence-electron chi connectivity index (χ1n) is 10.3. The fraction of sp³-hybridized carbons (Fsp3) is 0.773. The lowest BCUT2D eigenvalue weighted by Gasteiger charge is -2.69. The second kappa shape index (κ2) is 5.24. The fourth-order valence-electron chi connectivity index (χ4n) is 7.84. The van der Waals surface area contributed by atoms with E-state index in [2.05, 4.69) is 13.5 Å². The number of fused-ring (bicyclic) bond motifs is 2. The minimum atomic E-state index is -0.789. The summed E-state index contributed by atoms with van der Waals surface area (Å²) in [6.07, 6.45) is 5.32. The van der Waals surface area contributed by atoms with Crippen LogP contribution in [0.2, 0.25) is 0 Å². The Kier molecular flexibility index (Phi) is 3.38. The minimum Gasteiger partial charge on any atom is -0.465 e. The normalized spacial score (nSPS) is 50.5. The maximum Gasteiger partial charge on any atom is 0.312 e. The summed E-state index contributed by atoms with van der Waals surface area (Å²) in [7, 11) is 0. The number of Topliss-reactive ketones (excluding diaryl/α,β-unsaturated/α-hetero) is 1. The van der Waals surface area contributed by atoms with Gasteiger partial charge in [0.05, 0.1) is 17.4 Å². The summed E-state index contributed by atoms with van der Waals surface area (Å²) in [5.41, 5.74) is -0.810. The van der Waals surface area contributed by atoms with Crippen molar-refractivity contribution < 1.29 is 23.9 Å². The van der Waals surface area contributed by atoms with Crippen molar-refractivity contribution in [3.8, 4) is 0 Å². The summed E-state index contributed by atoms with van der Waals surface area (Å²) < 4.78 is 11.6. The SMILES string of the molecule is C=C1C(=O)C23CC[C@H]1CC2C12CCC[C@@](C)(COC1=O)C2C[C@H]3OC(C)=O. The average molecular weight is 372 g/mol. The quantitative estimate of drug-likeness (QED) is 0.522. The number of allylic oxidation sites excluding steroid dienone is 1. The number of rotatable bonds is 1. The lowest BCUT2D eigenvalue weighted by molar-refractivity contribution is -0.257. The molecule has 7 atom stereocenters. The van der Waals surface area contributed by atoms with E-state index in [1.807, 2.05) is 0 Å². The number of hydrogen-bond acceptors (Lipinski definition) is 5. The van der Waals surface area contributed by atoms with Crippen LogP contribution < -0.4 is 0 Å². The zero-order valence-corrected chi connectivity index (χ0v) is 16.2. The molecule has 0 aromatic rings. The van der Waals surface area contributed by atoms with Crippen molar-refractivity contribution in [2.45, 2.75) is 64.9 Å². The molecule has 0 radical (unpaired) electrons.